The third kappa shape index (κ3) is 6.47. The van der Waals surface area contributed by atoms with Crippen LogP contribution in [-0.2, 0) is 13.3 Å². The Morgan fingerprint density at radius 2 is 0.440 bits per heavy atom. The first-order valence-corrected chi connectivity index (χ1v) is 14.3. The van der Waals surface area contributed by atoms with Gasteiger partial charge >= 0.3 is 79.8 Å². The molecule has 0 spiro atoms. The quantitative estimate of drug-likeness (QED) is 0.129. The summed E-state index contributed by atoms with van der Waals surface area (Å²) >= 11 is 0. The van der Waals surface area contributed by atoms with Crippen LogP contribution < -0.4 is 0 Å². The minimum atomic E-state index is -9.64. The fourth-order valence-electron chi connectivity index (χ4n) is 3.84. The Labute approximate surface area is 263 Å². The van der Waals surface area contributed by atoms with E-state index in [9.17, 15) is 110 Å². The average molecular weight is 824 g/mol. The smallest absolute Gasteiger partial charge is 0.373 e. The first kappa shape index (κ1) is 48.3. The standard InChI is InChI=1S/C15H9F25O3Si.C6H12/c1-41-44(42-2,43-3)15(39,40)13(34,35)11(30,31)9(26,27)7(22,23)5(18,19)4(16,17)6(20,21)8(24,25)10(28,29)12(32,33)14(36,37)38;1-2-4-6-5-3-1/h1-3H3;1-6H2. The lowest BCUT2D eigenvalue weighted by Crippen LogP contribution is -2.80. The van der Waals surface area contributed by atoms with Gasteiger partial charge in [-0.25, -0.2) is 0 Å². The van der Waals surface area contributed by atoms with E-state index in [4.69, 9.17) is 0 Å². The Hall–Kier alpha value is -1.65. The van der Waals surface area contributed by atoms with Crippen LogP contribution in [0.15, 0.2) is 0 Å². The molecule has 0 unspecified atom stereocenters. The van der Waals surface area contributed by atoms with Crippen LogP contribution in [0.2, 0.25) is 0 Å². The zero-order valence-corrected chi connectivity index (χ0v) is 25.4. The van der Waals surface area contributed by atoms with Crippen LogP contribution in [0.5, 0.6) is 0 Å². The van der Waals surface area contributed by atoms with Crippen LogP contribution in [0.1, 0.15) is 38.5 Å². The summed E-state index contributed by atoms with van der Waals surface area (Å²) in [6.07, 6.45) is 0.814. The molecule has 0 saturated heterocycles. The highest BCUT2D eigenvalue weighted by molar-refractivity contribution is 6.63. The van der Waals surface area contributed by atoms with Gasteiger partial charge in [-0.05, 0) is 0 Å². The van der Waals surface area contributed by atoms with Gasteiger partial charge in [0.15, 0.2) is 0 Å². The van der Waals surface area contributed by atoms with Crippen molar-refractivity contribution in [3.8, 4) is 0 Å². The molecule has 1 fully saturated rings. The summed E-state index contributed by atoms with van der Waals surface area (Å²) in [5.74, 6) is -92.2. The van der Waals surface area contributed by atoms with Crippen molar-refractivity contribution in [1.82, 2.24) is 0 Å². The minimum absolute atomic E-state index is 0.205. The third-order valence-electron chi connectivity index (χ3n) is 6.99. The summed E-state index contributed by atoms with van der Waals surface area (Å²) in [4.78, 5) is 0. The summed E-state index contributed by atoms with van der Waals surface area (Å²) in [5, 5.41) is 0. The monoisotopic (exact) mass is 824 g/mol. The highest BCUT2D eigenvalue weighted by atomic mass is 28.4. The largest absolute Gasteiger partial charge is 0.581 e. The van der Waals surface area contributed by atoms with E-state index in [0.717, 1.165) is 0 Å². The van der Waals surface area contributed by atoms with Crippen LogP contribution in [0.25, 0.3) is 0 Å². The molecule has 50 heavy (non-hydrogen) atoms. The van der Waals surface area contributed by atoms with Crippen molar-refractivity contribution in [2.75, 3.05) is 21.3 Å². The van der Waals surface area contributed by atoms with Gasteiger partial charge in [0.05, 0.1) is 0 Å². The lowest BCUT2D eigenvalue weighted by molar-refractivity contribution is -0.481. The van der Waals surface area contributed by atoms with E-state index < -0.39 is 79.8 Å². The number of rotatable bonds is 14. The normalized spacial score (nSPS) is 17.8. The second-order valence-corrected chi connectivity index (χ2v) is 13.1. The van der Waals surface area contributed by atoms with E-state index in [0.29, 0.717) is 0 Å². The first-order valence-electron chi connectivity index (χ1n) is 12.6. The molecule has 29 heteroatoms. The van der Waals surface area contributed by atoms with Crippen molar-refractivity contribution in [1.29, 1.82) is 0 Å². The molecule has 0 heterocycles. The molecule has 0 aliphatic heterocycles. The molecule has 0 amide bonds. The summed E-state index contributed by atoms with van der Waals surface area (Å²) in [5.41, 5.74) is -7.25. The average Bonchev–Trinajstić information content (AvgIpc) is 2.97. The molecule has 3 nitrogen and oxygen atoms in total. The van der Waals surface area contributed by atoms with Gasteiger partial charge < -0.3 is 13.3 Å². The van der Waals surface area contributed by atoms with E-state index >= 15 is 0 Å². The maximum Gasteiger partial charge on any atom is 0.581 e. The van der Waals surface area contributed by atoms with Gasteiger partial charge in [-0.2, -0.15) is 110 Å². The third-order valence-corrected chi connectivity index (χ3v) is 9.69. The fourth-order valence-corrected chi connectivity index (χ4v) is 5.65. The molecule has 1 saturated carbocycles. The minimum Gasteiger partial charge on any atom is -0.373 e. The highest BCUT2D eigenvalue weighted by Gasteiger charge is 3.00. The van der Waals surface area contributed by atoms with Crippen LogP contribution in [-0.4, -0.2) is 101 Å². The maximum atomic E-state index is 14.2. The van der Waals surface area contributed by atoms with Crippen molar-refractivity contribution in [2.24, 2.45) is 0 Å². The van der Waals surface area contributed by atoms with Crippen molar-refractivity contribution < 1.29 is 123 Å². The van der Waals surface area contributed by atoms with Crippen molar-refractivity contribution in [3.63, 3.8) is 0 Å². The Morgan fingerprint density at radius 3 is 0.600 bits per heavy atom. The van der Waals surface area contributed by atoms with E-state index in [1.165, 1.54) is 38.5 Å². The molecule has 1 rings (SSSR count). The van der Waals surface area contributed by atoms with Gasteiger partial charge in [0.2, 0.25) is 0 Å². The Kier molecular flexibility index (Phi) is 13.5. The summed E-state index contributed by atoms with van der Waals surface area (Å²) < 4.78 is 347. The van der Waals surface area contributed by atoms with E-state index in [1.807, 2.05) is 0 Å². The van der Waals surface area contributed by atoms with Gasteiger partial charge in [-0.15, -0.1) is 0 Å². The Bertz CT molecular complexity index is 1050. The summed E-state index contributed by atoms with van der Waals surface area (Å²) in [6, 6.07) is 0. The van der Waals surface area contributed by atoms with Gasteiger partial charge in [0.1, 0.15) is 0 Å². The topological polar surface area (TPSA) is 27.7 Å². The summed E-state index contributed by atoms with van der Waals surface area (Å²) in [7, 11) is -7.58. The molecule has 0 bridgehead atoms. The number of hydrogen-bond acceptors (Lipinski definition) is 3. The molecular formula is C21H21F25O3Si. The molecule has 302 valence electrons. The molecule has 0 radical (unpaired) electrons. The van der Waals surface area contributed by atoms with Crippen LogP contribution in [0.4, 0.5) is 110 Å². The van der Waals surface area contributed by atoms with Crippen molar-refractivity contribution >= 4 is 8.80 Å². The SMILES string of the molecule is C1CCCCC1.CO[Si](OC)(OC)C(F)(F)C(F)(F)C(F)(F)C(F)(F)C(F)(F)C(F)(F)C(F)(F)C(F)(F)C(F)(F)C(F)(F)C(F)(F)C(F)(F)F. The lowest BCUT2D eigenvalue weighted by Gasteiger charge is -2.46. The molecule has 1 aliphatic rings. The van der Waals surface area contributed by atoms with Gasteiger partial charge in [0.25, 0.3) is 0 Å². The lowest BCUT2D eigenvalue weighted by atomic mass is 9.85. The predicted molar refractivity (Wildman–Crippen MR) is 115 cm³/mol. The molecule has 0 aromatic heterocycles. The Balaban J connectivity index is 0.00000358. The predicted octanol–water partition coefficient (Wildman–Crippen LogP) is 10.3. The zero-order valence-electron chi connectivity index (χ0n) is 24.4. The number of halogens is 25. The van der Waals surface area contributed by atoms with Crippen LogP contribution in [0.3, 0.4) is 0 Å². The van der Waals surface area contributed by atoms with Gasteiger partial charge in [-0.3, -0.25) is 0 Å². The van der Waals surface area contributed by atoms with Crippen molar-refractivity contribution in [2.45, 2.75) is 109 Å². The second kappa shape index (κ2) is 14.0. The van der Waals surface area contributed by atoms with Gasteiger partial charge in [0, 0.05) is 21.3 Å². The summed E-state index contributed by atoms with van der Waals surface area (Å²) in [6.45, 7) is 0. The van der Waals surface area contributed by atoms with E-state index in [2.05, 4.69) is 13.3 Å². The molecule has 0 aromatic carbocycles. The van der Waals surface area contributed by atoms with Crippen molar-refractivity contribution in [3.05, 3.63) is 0 Å². The van der Waals surface area contributed by atoms with Gasteiger partial charge in [-0.1, -0.05) is 38.5 Å². The van der Waals surface area contributed by atoms with E-state index in [-0.39, 0.29) is 21.3 Å². The molecule has 0 N–H and O–H groups in total. The molecule has 0 aromatic rings. The van der Waals surface area contributed by atoms with Crippen LogP contribution in [0, 0.1) is 0 Å². The first-order chi connectivity index (χ1) is 21.7. The Morgan fingerprint density at radius 1 is 0.280 bits per heavy atom. The zero-order chi connectivity index (χ0) is 40.9. The molecule has 1 aliphatic carbocycles. The highest BCUT2D eigenvalue weighted by Crippen LogP contribution is 2.68. The number of hydrogen-bond donors (Lipinski definition) is 0. The number of alkyl halides is 25. The molecule has 0 atom stereocenters. The van der Waals surface area contributed by atoms with E-state index in [1.54, 1.807) is 0 Å². The van der Waals surface area contributed by atoms with Crippen LogP contribution >= 0.6 is 0 Å². The maximum absolute atomic E-state index is 14.2. The molecular weight excluding hydrogens is 803 g/mol. The fraction of sp³-hybridized carbons (Fsp3) is 1.00. The second-order valence-electron chi connectivity index (χ2n) is 10.1.